The Morgan fingerprint density at radius 2 is 2.06 bits per heavy atom. The summed E-state index contributed by atoms with van der Waals surface area (Å²) in [6.07, 6.45) is 0. The minimum Gasteiger partial charge on any atom is -0.313 e. The highest BCUT2D eigenvalue weighted by Crippen LogP contribution is 2.18. The van der Waals surface area contributed by atoms with Gasteiger partial charge in [-0.05, 0) is 13.8 Å². The van der Waals surface area contributed by atoms with Crippen molar-refractivity contribution in [3.8, 4) is 0 Å². The van der Waals surface area contributed by atoms with Crippen LogP contribution in [0.2, 0.25) is 0 Å². The summed E-state index contributed by atoms with van der Waals surface area (Å²) in [6.45, 7) is 4.85. The molecule has 90 valence electrons. The number of aryl methyl sites for hydroxylation is 2. The van der Waals surface area contributed by atoms with Crippen LogP contribution in [-0.2, 0) is 17.1 Å². The van der Waals surface area contributed by atoms with E-state index >= 15 is 0 Å². The van der Waals surface area contributed by atoms with Crippen LogP contribution in [-0.4, -0.2) is 37.3 Å². The summed E-state index contributed by atoms with van der Waals surface area (Å²) in [4.78, 5) is 0.307. The maximum Gasteiger partial charge on any atom is 0.244 e. The molecular formula is C9H16N4O2S. The summed E-state index contributed by atoms with van der Waals surface area (Å²) in [6, 6.07) is 0.00371. The summed E-state index contributed by atoms with van der Waals surface area (Å²) in [5.41, 5.74) is 1.21. The van der Waals surface area contributed by atoms with Gasteiger partial charge in [0.15, 0.2) is 0 Å². The highest BCUT2D eigenvalue weighted by atomic mass is 32.2. The first-order chi connectivity index (χ1) is 7.42. The van der Waals surface area contributed by atoms with E-state index in [0.29, 0.717) is 29.4 Å². The van der Waals surface area contributed by atoms with E-state index in [2.05, 4.69) is 15.1 Å². The lowest BCUT2D eigenvalue weighted by Gasteiger charge is -2.27. The van der Waals surface area contributed by atoms with E-state index in [1.54, 1.807) is 25.6 Å². The normalized spacial score (nSPS) is 17.4. The Kier molecular flexibility index (Phi) is 2.77. The Morgan fingerprint density at radius 3 is 2.44 bits per heavy atom. The van der Waals surface area contributed by atoms with E-state index in [4.69, 9.17) is 0 Å². The molecule has 0 atom stereocenters. The molecule has 7 heteroatoms. The number of sulfonamides is 1. The predicted octanol–water partition coefficient (Wildman–Crippen LogP) is -0.713. The molecule has 0 radical (unpaired) electrons. The molecule has 0 unspecified atom stereocenters. The Balaban J connectivity index is 2.34. The van der Waals surface area contributed by atoms with Gasteiger partial charge in [-0.15, -0.1) is 0 Å². The van der Waals surface area contributed by atoms with Crippen LogP contribution in [0.1, 0.15) is 11.4 Å². The van der Waals surface area contributed by atoms with Crippen molar-refractivity contribution in [1.29, 1.82) is 0 Å². The smallest absolute Gasteiger partial charge is 0.244 e. The van der Waals surface area contributed by atoms with Crippen molar-refractivity contribution in [2.24, 2.45) is 7.05 Å². The largest absolute Gasteiger partial charge is 0.313 e. The SMILES string of the molecule is Cc1nn(C)c(C)c1S(=O)(=O)NC1CNC1. The van der Waals surface area contributed by atoms with Crippen molar-refractivity contribution < 1.29 is 8.42 Å². The van der Waals surface area contributed by atoms with Gasteiger partial charge < -0.3 is 5.32 Å². The zero-order valence-corrected chi connectivity index (χ0v) is 10.4. The molecule has 16 heavy (non-hydrogen) atoms. The fourth-order valence-electron chi connectivity index (χ4n) is 1.79. The lowest BCUT2D eigenvalue weighted by Crippen LogP contribution is -2.56. The van der Waals surface area contributed by atoms with Crippen LogP contribution in [0.15, 0.2) is 4.90 Å². The Morgan fingerprint density at radius 1 is 1.44 bits per heavy atom. The van der Waals surface area contributed by atoms with Crippen molar-refractivity contribution >= 4 is 10.0 Å². The molecule has 0 bridgehead atoms. The minimum atomic E-state index is -3.43. The van der Waals surface area contributed by atoms with E-state index in [1.165, 1.54) is 0 Å². The molecule has 0 spiro atoms. The summed E-state index contributed by atoms with van der Waals surface area (Å²) >= 11 is 0. The summed E-state index contributed by atoms with van der Waals surface area (Å²) in [7, 11) is -1.69. The van der Waals surface area contributed by atoms with Crippen molar-refractivity contribution in [2.45, 2.75) is 24.8 Å². The zero-order chi connectivity index (χ0) is 11.9. The van der Waals surface area contributed by atoms with Gasteiger partial charge in [-0.25, -0.2) is 13.1 Å². The van der Waals surface area contributed by atoms with Crippen LogP contribution < -0.4 is 10.0 Å². The lowest BCUT2D eigenvalue weighted by molar-refractivity contribution is 0.410. The first-order valence-electron chi connectivity index (χ1n) is 5.15. The third kappa shape index (κ3) is 1.85. The Labute approximate surface area is 95.1 Å². The topological polar surface area (TPSA) is 76.0 Å². The molecule has 1 aromatic rings. The summed E-state index contributed by atoms with van der Waals surface area (Å²) < 4.78 is 28.4. The van der Waals surface area contributed by atoms with Gasteiger partial charge in [0.25, 0.3) is 0 Å². The molecule has 2 rings (SSSR count). The van der Waals surface area contributed by atoms with Gasteiger partial charge in [-0.1, -0.05) is 0 Å². The van der Waals surface area contributed by atoms with Gasteiger partial charge in [0, 0.05) is 26.2 Å². The summed E-state index contributed by atoms with van der Waals surface area (Å²) in [5, 5.41) is 7.13. The first kappa shape index (κ1) is 11.6. The van der Waals surface area contributed by atoms with Gasteiger partial charge in [0.2, 0.25) is 10.0 Å². The number of aromatic nitrogens is 2. The van der Waals surface area contributed by atoms with Crippen LogP contribution in [0.25, 0.3) is 0 Å². The molecule has 1 saturated heterocycles. The highest BCUT2D eigenvalue weighted by Gasteiger charge is 2.28. The van der Waals surface area contributed by atoms with Crippen LogP contribution in [0.5, 0.6) is 0 Å². The second kappa shape index (κ2) is 3.83. The quantitative estimate of drug-likeness (QED) is 0.736. The Hall–Kier alpha value is -0.920. The molecule has 1 fully saturated rings. The van der Waals surface area contributed by atoms with Crippen LogP contribution >= 0.6 is 0 Å². The third-order valence-electron chi connectivity index (χ3n) is 2.81. The van der Waals surface area contributed by atoms with E-state index in [1.807, 2.05) is 0 Å². The van der Waals surface area contributed by atoms with Gasteiger partial charge in [-0.3, -0.25) is 4.68 Å². The second-order valence-electron chi connectivity index (χ2n) is 4.10. The second-order valence-corrected chi connectivity index (χ2v) is 5.75. The maximum atomic E-state index is 12.1. The number of rotatable bonds is 3. The van der Waals surface area contributed by atoms with E-state index in [0.717, 1.165) is 0 Å². The molecule has 0 aliphatic carbocycles. The Bertz CT molecular complexity index is 502. The molecule has 0 aromatic carbocycles. The van der Waals surface area contributed by atoms with Crippen molar-refractivity contribution in [1.82, 2.24) is 19.8 Å². The minimum absolute atomic E-state index is 0.00371. The van der Waals surface area contributed by atoms with Crippen molar-refractivity contribution in [2.75, 3.05) is 13.1 Å². The third-order valence-corrected chi connectivity index (χ3v) is 4.59. The maximum absolute atomic E-state index is 12.1. The van der Waals surface area contributed by atoms with E-state index < -0.39 is 10.0 Å². The molecule has 2 heterocycles. The monoisotopic (exact) mass is 244 g/mol. The van der Waals surface area contributed by atoms with E-state index in [-0.39, 0.29) is 6.04 Å². The molecular weight excluding hydrogens is 228 g/mol. The predicted molar refractivity (Wildman–Crippen MR) is 59.7 cm³/mol. The average molecular weight is 244 g/mol. The summed E-state index contributed by atoms with van der Waals surface area (Å²) in [5.74, 6) is 0. The number of nitrogens with zero attached hydrogens (tertiary/aromatic N) is 2. The molecule has 1 aromatic heterocycles. The molecule has 0 amide bonds. The molecule has 2 N–H and O–H groups in total. The van der Waals surface area contributed by atoms with Crippen LogP contribution in [0.4, 0.5) is 0 Å². The average Bonchev–Trinajstić information content (AvgIpc) is 2.35. The molecule has 1 aliphatic heterocycles. The van der Waals surface area contributed by atoms with Gasteiger partial charge in [0.05, 0.1) is 11.4 Å². The van der Waals surface area contributed by atoms with Crippen LogP contribution in [0, 0.1) is 13.8 Å². The molecule has 1 aliphatic rings. The fourth-order valence-corrected chi connectivity index (χ4v) is 3.47. The van der Waals surface area contributed by atoms with Gasteiger partial charge in [-0.2, -0.15) is 5.10 Å². The number of hydrogen-bond donors (Lipinski definition) is 2. The number of nitrogens with one attached hydrogen (secondary N) is 2. The van der Waals surface area contributed by atoms with E-state index in [9.17, 15) is 8.42 Å². The zero-order valence-electron chi connectivity index (χ0n) is 9.61. The standard InChI is InChI=1S/C9H16N4O2S/c1-6-9(7(2)13(3)11-6)16(14,15)12-8-4-10-5-8/h8,10,12H,4-5H2,1-3H3. The van der Waals surface area contributed by atoms with Crippen molar-refractivity contribution in [3.63, 3.8) is 0 Å². The van der Waals surface area contributed by atoms with Gasteiger partial charge >= 0.3 is 0 Å². The van der Waals surface area contributed by atoms with Crippen molar-refractivity contribution in [3.05, 3.63) is 11.4 Å². The lowest BCUT2D eigenvalue weighted by atomic mass is 10.2. The highest BCUT2D eigenvalue weighted by molar-refractivity contribution is 7.89. The molecule has 0 saturated carbocycles. The fraction of sp³-hybridized carbons (Fsp3) is 0.667. The molecule has 6 nitrogen and oxygen atoms in total. The van der Waals surface area contributed by atoms with Gasteiger partial charge in [0.1, 0.15) is 4.90 Å². The first-order valence-corrected chi connectivity index (χ1v) is 6.63. The van der Waals surface area contributed by atoms with Crippen LogP contribution in [0.3, 0.4) is 0 Å². The number of hydrogen-bond acceptors (Lipinski definition) is 4.